The Morgan fingerprint density at radius 1 is 1.17 bits per heavy atom. The minimum absolute atomic E-state index is 0.552. The van der Waals surface area contributed by atoms with Gasteiger partial charge in [0.25, 0.3) is 0 Å². The predicted molar refractivity (Wildman–Crippen MR) is 74.0 cm³/mol. The number of nitrogens with two attached hydrogens (primary N) is 1. The van der Waals surface area contributed by atoms with Crippen LogP contribution in [0, 0.1) is 11.6 Å². The molecule has 1 aliphatic rings. The van der Waals surface area contributed by atoms with Gasteiger partial charge in [-0.25, -0.2) is 13.6 Å². The molecule has 1 unspecified atom stereocenters. The minimum atomic E-state index is -4.67. The third-order valence-corrected chi connectivity index (χ3v) is 3.46. The zero-order valence-corrected chi connectivity index (χ0v) is 12.0. The fourth-order valence-corrected chi connectivity index (χ4v) is 2.32. The summed E-state index contributed by atoms with van der Waals surface area (Å²) in [5.41, 5.74) is 0.825. The fourth-order valence-electron chi connectivity index (χ4n) is 2.32. The molecule has 1 aromatic carbocycles. The second kappa shape index (κ2) is 6.06. The smallest absolute Gasteiger partial charge is 0.352 e. The second-order valence-corrected chi connectivity index (χ2v) is 5.08. The lowest BCUT2D eigenvalue weighted by molar-refractivity contribution is -0.0887. The number of alkyl halides is 3. The number of carbonyl (C=O) groups excluding carboxylic acids is 2. The topological polar surface area (TPSA) is 72.2 Å². The number of allylic oxidation sites excluding steroid dienone is 2. The SMILES string of the molecule is NC(=O)NC1(C(=O)c2c(F)cccc2F)C=CC(C(F)(F)F)=CC1. The van der Waals surface area contributed by atoms with Crippen molar-refractivity contribution in [1.82, 2.24) is 5.32 Å². The number of benzene rings is 1. The summed E-state index contributed by atoms with van der Waals surface area (Å²) in [6.07, 6.45) is -3.40. The summed E-state index contributed by atoms with van der Waals surface area (Å²) < 4.78 is 65.6. The first-order valence-corrected chi connectivity index (χ1v) is 6.60. The van der Waals surface area contributed by atoms with Gasteiger partial charge < -0.3 is 11.1 Å². The van der Waals surface area contributed by atoms with E-state index in [0.717, 1.165) is 24.3 Å². The molecule has 0 radical (unpaired) electrons. The summed E-state index contributed by atoms with van der Waals surface area (Å²) in [5.74, 6) is -3.65. The molecule has 0 aliphatic heterocycles. The third-order valence-electron chi connectivity index (χ3n) is 3.46. The van der Waals surface area contributed by atoms with E-state index in [9.17, 15) is 31.5 Å². The van der Waals surface area contributed by atoms with Crippen molar-refractivity contribution < 1.29 is 31.5 Å². The Morgan fingerprint density at radius 3 is 2.17 bits per heavy atom. The first-order valence-electron chi connectivity index (χ1n) is 6.60. The van der Waals surface area contributed by atoms with Crippen LogP contribution < -0.4 is 11.1 Å². The van der Waals surface area contributed by atoms with Crippen molar-refractivity contribution in [2.45, 2.75) is 18.1 Å². The molecule has 0 aromatic heterocycles. The van der Waals surface area contributed by atoms with Crippen LogP contribution in [0.15, 0.2) is 42.0 Å². The molecule has 1 atom stereocenters. The van der Waals surface area contributed by atoms with Crippen LogP contribution in [0.3, 0.4) is 0 Å². The van der Waals surface area contributed by atoms with E-state index in [4.69, 9.17) is 5.73 Å². The maximum absolute atomic E-state index is 13.8. The van der Waals surface area contributed by atoms with Gasteiger partial charge in [-0.2, -0.15) is 13.2 Å². The maximum Gasteiger partial charge on any atom is 0.416 e. The summed E-state index contributed by atoms with van der Waals surface area (Å²) in [4.78, 5) is 23.7. The molecular weight excluding hydrogens is 335 g/mol. The molecule has 0 heterocycles. The highest BCUT2D eigenvalue weighted by atomic mass is 19.4. The van der Waals surface area contributed by atoms with Crippen LogP contribution in [0.4, 0.5) is 26.7 Å². The molecule has 1 aliphatic carbocycles. The van der Waals surface area contributed by atoms with E-state index in [1.54, 1.807) is 0 Å². The van der Waals surface area contributed by atoms with E-state index in [1.807, 2.05) is 5.32 Å². The number of amides is 2. The van der Waals surface area contributed by atoms with Gasteiger partial charge in [0.05, 0.1) is 11.1 Å². The van der Waals surface area contributed by atoms with Gasteiger partial charge in [-0.3, -0.25) is 4.79 Å². The Balaban J connectivity index is 2.48. The molecule has 0 saturated heterocycles. The molecule has 24 heavy (non-hydrogen) atoms. The summed E-state index contributed by atoms with van der Waals surface area (Å²) in [5, 5.41) is 1.98. The summed E-state index contributed by atoms with van der Waals surface area (Å²) in [6, 6.07) is 1.43. The molecule has 3 N–H and O–H groups in total. The van der Waals surface area contributed by atoms with Crippen molar-refractivity contribution >= 4 is 11.8 Å². The number of rotatable bonds is 3. The van der Waals surface area contributed by atoms with Gasteiger partial charge in [-0.15, -0.1) is 0 Å². The molecule has 0 bridgehead atoms. The van der Waals surface area contributed by atoms with Crippen LogP contribution in [-0.4, -0.2) is 23.5 Å². The molecule has 0 fully saturated rings. The van der Waals surface area contributed by atoms with Crippen LogP contribution in [-0.2, 0) is 0 Å². The van der Waals surface area contributed by atoms with Crippen molar-refractivity contribution in [2.24, 2.45) is 5.73 Å². The molecule has 9 heteroatoms. The number of hydrogen-bond donors (Lipinski definition) is 2. The van der Waals surface area contributed by atoms with Crippen molar-refractivity contribution in [2.75, 3.05) is 0 Å². The zero-order chi connectivity index (χ0) is 18.1. The maximum atomic E-state index is 13.8. The lowest BCUT2D eigenvalue weighted by Gasteiger charge is -2.31. The van der Waals surface area contributed by atoms with Crippen molar-refractivity contribution in [1.29, 1.82) is 0 Å². The summed E-state index contributed by atoms with van der Waals surface area (Å²) in [6.45, 7) is 0. The number of primary amides is 1. The Morgan fingerprint density at radius 2 is 1.75 bits per heavy atom. The first kappa shape index (κ1) is 17.6. The lowest BCUT2D eigenvalue weighted by Crippen LogP contribution is -2.55. The van der Waals surface area contributed by atoms with Crippen LogP contribution >= 0.6 is 0 Å². The molecule has 2 rings (SSSR count). The average molecular weight is 346 g/mol. The van der Waals surface area contributed by atoms with Gasteiger partial charge in [0, 0.05) is 6.42 Å². The van der Waals surface area contributed by atoms with Gasteiger partial charge in [0.2, 0.25) is 0 Å². The standard InChI is InChI=1S/C15H11F5N2O2/c16-9-2-1-3-10(17)11(9)12(23)14(22-13(21)24)6-4-8(5-7-14)15(18,19)20/h1-6H,7H2,(H3,21,22,24). The fraction of sp³-hybridized carbons (Fsp3) is 0.200. The van der Waals surface area contributed by atoms with Crippen LogP contribution in [0.2, 0.25) is 0 Å². The van der Waals surface area contributed by atoms with E-state index < -0.39 is 52.7 Å². The van der Waals surface area contributed by atoms with E-state index in [1.165, 1.54) is 0 Å². The van der Waals surface area contributed by atoms with Crippen LogP contribution in [0.1, 0.15) is 16.8 Å². The van der Waals surface area contributed by atoms with Gasteiger partial charge in [0.15, 0.2) is 5.78 Å². The number of halogens is 5. The number of nitrogens with one attached hydrogen (secondary N) is 1. The largest absolute Gasteiger partial charge is 0.416 e. The van der Waals surface area contributed by atoms with Crippen molar-refractivity contribution in [3.8, 4) is 0 Å². The van der Waals surface area contributed by atoms with Gasteiger partial charge in [0.1, 0.15) is 17.2 Å². The van der Waals surface area contributed by atoms with Crippen LogP contribution in [0.25, 0.3) is 0 Å². The quantitative estimate of drug-likeness (QED) is 0.652. The van der Waals surface area contributed by atoms with Gasteiger partial charge in [-0.05, 0) is 12.1 Å². The van der Waals surface area contributed by atoms with E-state index in [-0.39, 0.29) is 0 Å². The highest BCUT2D eigenvalue weighted by molar-refractivity contribution is 6.07. The number of urea groups is 1. The minimum Gasteiger partial charge on any atom is -0.352 e. The summed E-state index contributed by atoms with van der Waals surface area (Å²) >= 11 is 0. The molecule has 1 aromatic rings. The van der Waals surface area contributed by atoms with Crippen LogP contribution in [0.5, 0.6) is 0 Å². The Labute approximate surface area is 132 Å². The molecule has 0 spiro atoms. The molecule has 128 valence electrons. The molecule has 0 saturated carbocycles. The Bertz CT molecular complexity index is 734. The number of Topliss-reactive ketones (excluding diaryl/α,β-unsaturated/α-hetero) is 1. The number of ketones is 1. The lowest BCUT2D eigenvalue weighted by atomic mass is 9.81. The highest BCUT2D eigenvalue weighted by Crippen LogP contribution is 2.34. The number of hydrogen-bond acceptors (Lipinski definition) is 2. The zero-order valence-electron chi connectivity index (χ0n) is 12.0. The van der Waals surface area contributed by atoms with Crippen molar-refractivity contribution in [3.05, 3.63) is 59.2 Å². The highest BCUT2D eigenvalue weighted by Gasteiger charge is 2.43. The Hall–Kier alpha value is -2.71. The normalized spacial score (nSPS) is 20.5. The van der Waals surface area contributed by atoms with Crippen molar-refractivity contribution in [3.63, 3.8) is 0 Å². The van der Waals surface area contributed by atoms with Gasteiger partial charge in [-0.1, -0.05) is 24.3 Å². The number of carbonyl (C=O) groups is 2. The molecule has 2 amide bonds. The van der Waals surface area contributed by atoms with E-state index in [0.29, 0.717) is 12.2 Å². The molecule has 4 nitrogen and oxygen atoms in total. The predicted octanol–water partition coefficient (Wildman–Crippen LogP) is 3.00. The monoisotopic (exact) mass is 346 g/mol. The average Bonchev–Trinajstić information content (AvgIpc) is 2.45. The van der Waals surface area contributed by atoms with E-state index >= 15 is 0 Å². The first-order chi connectivity index (χ1) is 11.1. The Kier molecular flexibility index (Phi) is 4.46. The van der Waals surface area contributed by atoms with E-state index in [2.05, 4.69) is 0 Å². The van der Waals surface area contributed by atoms with Gasteiger partial charge >= 0.3 is 12.2 Å². The molecular formula is C15H11F5N2O2. The second-order valence-electron chi connectivity index (χ2n) is 5.08. The summed E-state index contributed by atoms with van der Waals surface area (Å²) in [7, 11) is 0. The third kappa shape index (κ3) is 3.29.